The highest BCUT2D eigenvalue weighted by Gasteiger charge is 2.07. The number of hydrogen-bond acceptors (Lipinski definition) is 4. The first kappa shape index (κ1) is 15.3. The number of halogens is 2. The van der Waals surface area contributed by atoms with E-state index in [0.29, 0.717) is 9.71 Å². The Morgan fingerprint density at radius 3 is 2.23 bits per heavy atom. The molecule has 0 radical (unpaired) electrons. The lowest BCUT2D eigenvalue weighted by atomic mass is 10.2. The van der Waals surface area contributed by atoms with Gasteiger partial charge in [-0.05, 0) is 54.2 Å². The third kappa shape index (κ3) is 3.60. The van der Waals surface area contributed by atoms with E-state index in [9.17, 15) is 8.78 Å². The first-order chi connectivity index (χ1) is 10.6. The Kier molecular flexibility index (Phi) is 4.66. The zero-order valence-electron chi connectivity index (χ0n) is 11.2. The van der Waals surface area contributed by atoms with Gasteiger partial charge in [0.2, 0.25) is 0 Å². The molecule has 0 N–H and O–H groups in total. The van der Waals surface area contributed by atoms with Gasteiger partial charge in [0.1, 0.15) is 11.6 Å². The average Bonchev–Trinajstić information content (AvgIpc) is 2.89. The second-order valence-electron chi connectivity index (χ2n) is 4.44. The highest BCUT2D eigenvalue weighted by atomic mass is 32.2. The van der Waals surface area contributed by atoms with E-state index in [2.05, 4.69) is 5.10 Å². The normalized spacial score (nSPS) is 10.8. The van der Waals surface area contributed by atoms with Crippen molar-refractivity contribution in [3.05, 3.63) is 69.7 Å². The van der Waals surface area contributed by atoms with Crippen LogP contribution in [0.5, 0.6) is 0 Å². The lowest BCUT2D eigenvalue weighted by Crippen LogP contribution is -1.96. The van der Waals surface area contributed by atoms with Crippen molar-refractivity contribution >= 4 is 35.3 Å². The van der Waals surface area contributed by atoms with Crippen molar-refractivity contribution < 1.29 is 8.78 Å². The number of benzene rings is 2. The van der Waals surface area contributed by atoms with Gasteiger partial charge < -0.3 is 0 Å². The Hall–Kier alpha value is -1.57. The van der Waals surface area contributed by atoms with Crippen LogP contribution in [-0.2, 0) is 5.75 Å². The topological polar surface area (TPSA) is 17.8 Å². The van der Waals surface area contributed by atoms with E-state index in [1.165, 1.54) is 47.4 Å². The predicted octanol–water partition coefficient (Wildman–Crippen LogP) is 5.23. The lowest BCUT2D eigenvalue weighted by Gasteiger charge is -2.00. The molecule has 0 spiro atoms. The van der Waals surface area contributed by atoms with Gasteiger partial charge in [0.15, 0.2) is 8.29 Å². The van der Waals surface area contributed by atoms with E-state index in [1.54, 1.807) is 28.9 Å². The first-order valence-corrected chi connectivity index (χ1v) is 8.56. The average molecular weight is 352 g/mol. The molecule has 2 aromatic carbocycles. The van der Waals surface area contributed by atoms with E-state index in [1.807, 2.05) is 0 Å². The molecule has 7 heteroatoms. The molecule has 0 fully saturated rings. The summed E-state index contributed by atoms with van der Waals surface area (Å²) in [6.07, 6.45) is 0. The fraction of sp³-hybridized carbons (Fsp3) is 0.0667. The van der Waals surface area contributed by atoms with Gasteiger partial charge in [-0.25, -0.2) is 13.5 Å². The van der Waals surface area contributed by atoms with Crippen LogP contribution in [0.4, 0.5) is 8.78 Å². The van der Waals surface area contributed by atoms with Crippen molar-refractivity contribution in [2.75, 3.05) is 0 Å². The zero-order chi connectivity index (χ0) is 15.5. The molecule has 2 nitrogen and oxygen atoms in total. The first-order valence-electron chi connectivity index (χ1n) is 6.35. The van der Waals surface area contributed by atoms with E-state index in [0.717, 1.165) is 15.6 Å². The second kappa shape index (κ2) is 6.68. The number of nitrogens with zero attached hydrogens (tertiary/aromatic N) is 2. The summed E-state index contributed by atoms with van der Waals surface area (Å²) < 4.78 is 28.9. The molecular weight excluding hydrogens is 342 g/mol. The zero-order valence-corrected chi connectivity index (χ0v) is 13.7. The summed E-state index contributed by atoms with van der Waals surface area (Å²) >= 11 is 8.23. The van der Waals surface area contributed by atoms with Gasteiger partial charge in [0.05, 0.1) is 5.69 Å². The van der Waals surface area contributed by atoms with E-state index in [4.69, 9.17) is 12.2 Å². The predicted molar refractivity (Wildman–Crippen MR) is 88.2 cm³/mol. The number of rotatable bonds is 4. The van der Waals surface area contributed by atoms with Gasteiger partial charge in [-0.3, -0.25) is 0 Å². The van der Waals surface area contributed by atoms with Crippen LogP contribution in [0, 0.1) is 15.6 Å². The van der Waals surface area contributed by atoms with Crippen molar-refractivity contribution in [3.63, 3.8) is 0 Å². The minimum Gasteiger partial charge on any atom is -0.211 e. The number of hydrogen-bond donors (Lipinski definition) is 0. The molecule has 0 amide bonds. The molecule has 112 valence electrons. The number of aromatic nitrogens is 2. The van der Waals surface area contributed by atoms with Crippen molar-refractivity contribution in [3.8, 4) is 5.69 Å². The Balaban J connectivity index is 1.76. The van der Waals surface area contributed by atoms with Gasteiger partial charge in [-0.15, -0.1) is 5.10 Å². The van der Waals surface area contributed by atoms with Gasteiger partial charge >= 0.3 is 0 Å². The molecule has 0 aliphatic heterocycles. The molecule has 1 heterocycles. The summed E-state index contributed by atoms with van der Waals surface area (Å²) in [6.45, 7) is 0. The standard InChI is InChI=1S/C15H10F2N2S3/c16-11-3-1-10(2-4-11)9-21-14-18-19(15(20)22-14)13-7-5-12(17)6-8-13/h1-8H,9H2. The van der Waals surface area contributed by atoms with Crippen molar-refractivity contribution in [2.45, 2.75) is 10.1 Å². The van der Waals surface area contributed by atoms with Gasteiger partial charge in [0, 0.05) is 5.75 Å². The summed E-state index contributed by atoms with van der Waals surface area (Å²) in [5, 5.41) is 4.44. The summed E-state index contributed by atoms with van der Waals surface area (Å²) in [5.41, 5.74) is 1.75. The fourth-order valence-corrected chi connectivity index (χ4v) is 4.11. The second-order valence-corrected chi connectivity index (χ2v) is 7.28. The van der Waals surface area contributed by atoms with Crippen LogP contribution in [0.3, 0.4) is 0 Å². The molecule has 22 heavy (non-hydrogen) atoms. The van der Waals surface area contributed by atoms with Crippen LogP contribution in [-0.4, -0.2) is 9.78 Å². The molecule has 0 aliphatic rings. The largest absolute Gasteiger partial charge is 0.211 e. The summed E-state index contributed by atoms with van der Waals surface area (Å²) in [6, 6.07) is 12.4. The Labute approximate surface area is 139 Å². The van der Waals surface area contributed by atoms with Gasteiger partial charge in [0.25, 0.3) is 0 Å². The summed E-state index contributed by atoms with van der Waals surface area (Å²) in [5.74, 6) is 0.146. The van der Waals surface area contributed by atoms with Crippen molar-refractivity contribution in [2.24, 2.45) is 0 Å². The molecule has 0 aliphatic carbocycles. The molecule has 3 aromatic rings. The minimum absolute atomic E-state index is 0.245. The maximum atomic E-state index is 13.0. The van der Waals surface area contributed by atoms with Crippen molar-refractivity contribution in [1.29, 1.82) is 0 Å². The summed E-state index contributed by atoms with van der Waals surface area (Å²) in [7, 11) is 0. The fourth-order valence-electron chi connectivity index (χ4n) is 1.79. The summed E-state index contributed by atoms with van der Waals surface area (Å²) in [4.78, 5) is 0. The van der Waals surface area contributed by atoms with Gasteiger partial charge in [-0.2, -0.15) is 0 Å². The van der Waals surface area contributed by atoms with E-state index >= 15 is 0 Å². The molecule has 0 saturated carbocycles. The highest BCUT2D eigenvalue weighted by Crippen LogP contribution is 2.27. The molecule has 3 rings (SSSR count). The van der Waals surface area contributed by atoms with Crippen LogP contribution in [0.15, 0.2) is 52.9 Å². The molecule has 0 atom stereocenters. The maximum absolute atomic E-state index is 13.0. The third-order valence-electron chi connectivity index (χ3n) is 2.88. The molecule has 0 saturated heterocycles. The molecule has 0 bridgehead atoms. The smallest absolute Gasteiger partial charge is 0.184 e. The van der Waals surface area contributed by atoms with Crippen LogP contribution in [0.1, 0.15) is 5.56 Å². The van der Waals surface area contributed by atoms with Crippen LogP contribution < -0.4 is 0 Å². The lowest BCUT2D eigenvalue weighted by molar-refractivity contribution is 0.626. The molecule has 1 aromatic heterocycles. The monoisotopic (exact) mass is 352 g/mol. The number of thioether (sulfide) groups is 1. The van der Waals surface area contributed by atoms with Crippen LogP contribution in [0.2, 0.25) is 0 Å². The van der Waals surface area contributed by atoms with Gasteiger partial charge in [-0.1, -0.05) is 35.2 Å². The SMILES string of the molecule is Fc1ccc(CSc2nn(-c3ccc(F)cc3)c(=S)s2)cc1. The van der Waals surface area contributed by atoms with Crippen LogP contribution >= 0.6 is 35.3 Å². The third-order valence-corrected chi connectivity index (χ3v) is 5.31. The van der Waals surface area contributed by atoms with Crippen molar-refractivity contribution in [1.82, 2.24) is 9.78 Å². The van der Waals surface area contributed by atoms with Crippen LogP contribution in [0.25, 0.3) is 5.69 Å². The molecule has 0 unspecified atom stereocenters. The Morgan fingerprint density at radius 1 is 1.00 bits per heavy atom. The maximum Gasteiger partial charge on any atom is 0.184 e. The molecular formula is C15H10F2N2S3. The van der Waals surface area contributed by atoms with E-state index in [-0.39, 0.29) is 11.6 Å². The Morgan fingerprint density at radius 2 is 1.59 bits per heavy atom. The minimum atomic E-state index is -0.295. The Bertz CT molecular complexity index is 823. The highest BCUT2D eigenvalue weighted by molar-refractivity contribution is 8.00. The quantitative estimate of drug-likeness (QED) is 0.473. The van der Waals surface area contributed by atoms with E-state index < -0.39 is 0 Å².